The highest BCUT2D eigenvalue weighted by Crippen LogP contribution is 2.29. The molecule has 0 fully saturated rings. The molecule has 19 heavy (non-hydrogen) atoms. The van der Waals surface area contributed by atoms with E-state index in [2.05, 4.69) is 50.3 Å². The second kappa shape index (κ2) is 7.15. The van der Waals surface area contributed by atoms with Crippen LogP contribution in [0.15, 0.2) is 48.6 Å². The van der Waals surface area contributed by atoms with Crippen molar-refractivity contribution in [3.05, 3.63) is 53.4 Å². The molecule has 0 aliphatic rings. The first-order valence-electron chi connectivity index (χ1n) is 6.80. The number of hydrogen-bond donors (Lipinski definition) is 0. The lowest BCUT2D eigenvalue weighted by molar-refractivity contribution is 0.362. The Morgan fingerprint density at radius 1 is 1.00 bits per heavy atom. The number of ether oxygens (including phenoxy) is 1. The molecule has 0 bridgehead atoms. The standard InChI is InChI=1S/C17H20OS/c1-3-5-6-13-18-15-9-7-14(8-10-15)17-12-11-16(4-2)19-17/h5-12H,3-4,13H2,1-2H3. The molecule has 2 aromatic rings. The van der Waals surface area contributed by atoms with Gasteiger partial charge < -0.3 is 4.74 Å². The zero-order valence-electron chi connectivity index (χ0n) is 11.6. The van der Waals surface area contributed by atoms with Crippen molar-refractivity contribution < 1.29 is 4.74 Å². The van der Waals surface area contributed by atoms with Crippen molar-refractivity contribution in [3.63, 3.8) is 0 Å². The quantitative estimate of drug-likeness (QED) is 0.646. The number of allylic oxidation sites excluding steroid dienone is 1. The number of thiophene rings is 1. The van der Waals surface area contributed by atoms with Crippen LogP contribution in [0.2, 0.25) is 0 Å². The van der Waals surface area contributed by atoms with Crippen LogP contribution in [0.5, 0.6) is 5.75 Å². The van der Waals surface area contributed by atoms with Gasteiger partial charge in [-0.1, -0.05) is 26.0 Å². The van der Waals surface area contributed by atoms with E-state index in [-0.39, 0.29) is 0 Å². The monoisotopic (exact) mass is 272 g/mol. The van der Waals surface area contributed by atoms with Gasteiger partial charge in [0.15, 0.2) is 0 Å². The van der Waals surface area contributed by atoms with E-state index in [1.54, 1.807) is 0 Å². The van der Waals surface area contributed by atoms with E-state index in [4.69, 9.17) is 4.74 Å². The molecule has 100 valence electrons. The summed E-state index contributed by atoms with van der Waals surface area (Å²) >= 11 is 1.86. The molecule has 0 unspecified atom stereocenters. The molecule has 1 heterocycles. The number of rotatable bonds is 6. The minimum atomic E-state index is 0.645. The van der Waals surface area contributed by atoms with E-state index in [0.717, 1.165) is 18.6 Å². The van der Waals surface area contributed by atoms with Crippen LogP contribution >= 0.6 is 11.3 Å². The van der Waals surface area contributed by atoms with Crippen LogP contribution in [0.25, 0.3) is 10.4 Å². The molecule has 2 heteroatoms. The van der Waals surface area contributed by atoms with Crippen LogP contribution in [-0.4, -0.2) is 6.61 Å². The lowest BCUT2D eigenvalue weighted by Crippen LogP contribution is -1.92. The molecule has 0 amide bonds. The van der Waals surface area contributed by atoms with Crippen molar-refractivity contribution >= 4 is 11.3 Å². The van der Waals surface area contributed by atoms with Gasteiger partial charge in [-0.05, 0) is 54.8 Å². The van der Waals surface area contributed by atoms with Gasteiger partial charge in [-0.3, -0.25) is 0 Å². The Morgan fingerprint density at radius 2 is 1.79 bits per heavy atom. The molecule has 0 saturated carbocycles. The summed E-state index contributed by atoms with van der Waals surface area (Å²) in [6.07, 6.45) is 6.34. The summed E-state index contributed by atoms with van der Waals surface area (Å²) in [6, 6.07) is 12.7. The maximum Gasteiger partial charge on any atom is 0.119 e. The summed E-state index contributed by atoms with van der Waals surface area (Å²) < 4.78 is 5.64. The smallest absolute Gasteiger partial charge is 0.119 e. The zero-order valence-corrected chi connectivity index (χ0v) is 12.4. The van der Waals surface area contributed by atoms with E-state index < -0.39 is 0 Å². The molecule has 0 spiro atoms. The average Bonchev–Trinajstić information content (AvgIpc) is 2.93. The number of hydrogen-bond acceptors (Lipinski definition) is 2. The Kier molecular flexibility index (Phi) is 5.22. The molecular weight excluding hydrogens is 252 g/mol. The van der Waals surface area contributed by atoms with E-state index in [1.165, 1.54) is 15.3 Å². The highest BCUT2D eigenvalue weighted by Gasteiger charge is 2.02. The van der Waals surface area contributed by atoms with Gasteiger partial charge in [0.25, 0.3) is 0 Å². The fourth-order valence-corrected chi connectivity index (χ4v) is 2.77. The Balaban J connectivity index is 1.99. The molecule has 0 atom stereocenters. The van der Waals surface area contributed by atoms with E-state index >= 15 is 0 Å². The van der Waals surface area contributed by atoms with Gasteiger partial charge in [-0.2, -0.15) is 0 Å². The van der Waals surface area contributed by atoms with Crippen molar-refractivity contribution in [3.8, 4) is 16.2 Å². The van der Waals surface area contributed by atoms with E-state index in [9.17, 15) is 0 Å². The lowest BCUT2D eigenvalue weighted by atomic mass is 10.2. The molecule has 2 rings (SSSR count). The van der Waals surface area contributed by atoms with E-state index in [1.807, 2.05) is 23.5 Å². The fraction of sp³-hybridized carbons (Fsp3) is 0.294. The molecular formula is C17H20OS. The van der Waals surface area contributed by atoms with Crippen LogP contribution in [-0.2, 0) is 6.42 Å². The summed E-state index contributed by atoms with van der Waals surface area (Å²) in [4.78, 5) is 2.76. The first-order valence-corrected chi connectivity index (χ1v) is 7.62. The van der Waals surface area contributed by atoms with Gasteiger partial charge in [0.05, 0.1) is 0 Å². The Morgan fingerprint density at radius 3 is 2.42 bits per heavy atom. The van der Waals surface area contributed by atoms with Crippen molar-refractivity contribution in [1.82, 2.24) is 0 Å². The maximum atomic E-state index is 5.64. The minimum absolute atomic E-state index is 0.645. The third-order valence-corrected chi connectivity index (χ3v) is 4.18. The predicted molar refractivity (Wildman–Crippen MR) is 84.1 cm³/mol. The van der Waals surface area contributed by atoms with Gasteiger partial charge in [0.1, 0.15) is 12.4 Å². The molecule has 0 saturated heterocycles. The second-order valence-electron chi connectivity index (χ2n) is 4.33. The minimum Gasteiger partial charge on any atom is -0.490 e. The molecule has 1 nitrogen and oxygen atoms in total. The maximum absolute atomic E-state index is 5.64. The van der Waals surface area contributed by atoms with Crippen LogP contribution < -0.4 is 4.74 Å². The highest BCUT2D eigenvalue weighted by atomic mass is 32.1. The Hall–Kier alpha value is -1.54. The van der Waals surface area contributed by atoms with Gasteiger partial charge in [0.2, 0.25) is 0 Å². The third-order valence-electron chi connectivity index (χ3n) is 2.90. The summed E-state index contributed by atoms with van der Waals surface area (Å²) in [7, 11) is 0. The summed E-state index contributed by atoms with van der Waals surface area (Å²) in [6.45, 7) is 4.96. The van der Waals surface area contributed by atoms with E-state index in [0.29, 0.717) is 6.61 Å². The summed E-state index contributed by atoms with van der Waals surface area (Å²) in [5.41, 5.74) is 1.26. The van der Waals surface area contributed by atoms with Gasteiger partial charge in [-0.15, -0.1) is 11.3 Å². The first kappa shape index (κ1) is 13.9. The normalized spacial score (nSPS) is 11.1. The lowest BCUT2D eigenvalue weighted by Gasteiger charge is -2.04. The van der Waals surface area contributed by atoms with Crippen LogP contribution in [0, 0.1) is 0 Å². The Labute approximate surface area is 119 Å². The molecule has 0 N–H and O–H groups in total. The SMILES string of the molecule is CCC=CCOc1ccc(-c2ccc(CC)s2)cc1. The molecule has 0 aliphatic carbocycles. The predicted octanol–water partition coefficient (Wildman–Crippen LogP) is 5.32. The van der Waals surface area contributed by atoms with Crippen molar-refractivity contribution in [1.29, 1.82) is 0 Å². The zero-order chi connectivity index (χ0) is 13.5. The van der Waals surface area contributed by atoms with Gasteiger partial charge in [0, 0.05) is 9.75 Å². The van der Waals surface area contributed by atoms with Gasteiger partial charge >= 0.3 is 0 Å². The largest absolute Gasteiger partial charge is 0.490 e. The average molecular weight is 272 g/mol. The number of benzene rings is 1. The van der Waals surface area contributed by atoms with Crippen LogP contribution in [0.4, 0.5) is 0 Å². The Bertz CT molecular complexity index is 522. The van der Waals surface area contributed by atoms with Crippen LogP contribution in [0.3, 0.4) is 0 Å². The van der Waals surface area contributed by atoms with Crippen molar-refractivity contribution in [2.75, 3.05) is 6.61 Å². The highest BCUT2D eigenvalue weighted by molar-refractivity contribution is 7.15. The summed E-state index contributed by atoms with van der Waals surface area (Å²) in [5.74, 6) is 0.928. The fourth-order valence-electron chi connectivity index (χ4n) is 1.82. The first-order chi connectivity index (χ1) is 9.33. The van der Waals surface area contributed by atoms with Crippen LogP contribution in [0.1, 0.15) is 25.1 Å². The molecule has 0 radical (unpaired) electrons. The third kappa shape index (κ3) is 3.97. The number of aryl methyl sites for hydroxylation is 1. The molecule has 0 aliphatic heterocycles. The topological polar surface area (TPSA) is 9.23 Å². The molecule has 1 aromatic heterocycles. The summed E-state index contributed by atoms with van der Waals surface area (Å²) in [5, 5.41) is 0. The van der Waals surface area contributed by atoms with Crippen molar-refractivity contribution in [2.45, 2.75) is 26.7 Å². The second-order valence-corrected chi connectivity index (χ2v) is 5.50. The van der Waals surface area contributed by atoms with Crippen molar-refractivity contribution in [2.24, 2.45) is 0 Å². The molecule has 1 aromatic carbocycles. The van der Waals surface area contributed by atoms with Gasteiger partial charge in [-0.25, -0.2) is 0 Å².